The van der Waals surface area contributed by atoms with Gasteiger partial charge in [0.15, 0.2) is 5.82 Å². The highest BCUT2D eigenvalue weighted by atomic mass is 16.5. The molecule has 2 heterocycles. The number of amides is 2. The molecule has 1 aliphatic rings. The second-order valence-electron chi connectivity index (χ2n) is 5.75. The number of urea groups is 1. The van der Waals surface area contributed by atoms with Gasteiger partial charge in [0.05, 0.1) is 19.3 Å². The minimum absolute atomic E-state index is 0.0485. The summed E-state index contributed by atoms with van der Waals surface area (Å²) in [6, 6.07) is -0.0734. The van der Waals surface area contributed by atoms with Gasteiger partial charge in [-0.1, -0.05) is 5.16 Å². The van der Waals surface area contributed by atoms with E-state index >= 15 is 0 Å². The topological polar surface area (TPSA) is 80.9 Å². The van der Waals surface area contributed by atoms with E-state index in [4.69, 9.17) is 14.0 Å². The smallest absolute Gasteiger partial charge is 0.320 e. The summed E-state index contributed by atoms with van der Waals surface area (Å²) in [6.45, 7) is 7.36. The average molecular weight is 340 g/mol. The fourth-order valence-electron chi connectivity index (χ4n) is 2.87. The lowest BCUT2D eigenvalue weighted by Gasteiger charge is -2.37. The predicted octanol–water partition coefficient (Wildman–Crippen LogP) is 2.22. The van der Waals surface area contributed by atoms with Crippen LogP contribution in [-0.4, -0.2) is 65.9 Å². The number of nitrogens with zero attached hydrogens (tertiary/aromatic N) is 4. The summed E-state index contributed by atoms with van der Waals surface area (Å²) in [5.41, 5.74) is 0. The maximum Gasteiger partial charge on any atom is 0.320 e. The molecule has 0 aromatic carbocycles. The van der Waals surface area contributed by atoms with Gasteiger partial charge in [-0.25, -0.2) is 4.79 Å². The highest BCUT2D eigenvalue weighted by Crippen LogP contribution is 2.30. The summed E-state index contributed by atoms with van der Waals surface area (Å²) in [4.78, 5) is 20.8. The molecular formula is C16H28N4O4. The molecule has 8 heteroatoms. The van der Waals surface area contributed by atoms with Crippen LogP contribution in [0.15, 0.2) is 4.52 Å². The quantitative estimate of drug-likeness (QED) is 0.675. The van der Waals surface area contributed by atoms with E-state index in [2.05, 4.69) is 10.1 Å². The molecule has 2 amide bonds. The Morgan fingerprint density at radius 2 is 2.12 bits per heavy atom. The molecule has 24 heavy (non-hydrogen) atoms. The van der Waals surface area contributed by atoms with Gasteiger partial charge < -0.3 is 23.8 Å². The van der Waals surface area contributed by atoms with Crippen LogP contribution in [0.3, 0.4) is 0 Å². The Morgan fingerprint density at radius 3 is 2.83 bits per heavy atom. The molecule has 1 aromatic heterocycles. The van der Waals surface area contributed by atoms with E-state index in [1.54, 1.807) is 7.11 Å². The van der Waals surface area contributed by atoms with E-state index in [0.29, 0.717) is 38.0 Å². The number of aromatic nitrogens is 2. The van der Waals surface area contributed by atoms with Crippen molar-refractivity contribution in [2.45, 2.75) is 45.8 Å². The van der Waals surface area contributed by atoms with Crippen LogP contribution in [0.4, 0.5) is 4.79 Å². The molecule has 0 saturated carbocycles. The van der Waals surface area contributed by atoms with Crippen molar-refractivity contribution in [3.8, 4) is 0 Å². The van der Waals surface area contributed by atoms with Crippen LogP contribution < -0.4 is 0 Å². The number of hydrogen-bond acceptors (Lipinski definition) is 6. The van der Waals surface area contributed by atoms with Gasteiger partial charge in [0.25, 0.3) is 5.89 Å². The third kappa shape index (κ3) is 4.67. The Kier molecular flexibility index (Phi) is 7.45. The zero-order valence-corrected chi connectivity index (χ0v) is 14.9. The molecule has 1 aromatic rings. The Balaban J connectivity index is 2.02. The summed E-state index contributed by atoms with van der Waals surface area (Å²) < 4.78 is 15.6. The van der Waals surface area contributed by atoms with Crippen molar-refractivity contribution in [2.24, 2.45) is 0 Å². The minimum atomic E-state index is -0.122. The highest BCUT2D eigenvalue weighted by molar-refractivity contribution is 5.75. The first-order valence-corrected chi connectivity index (χ1v) is 8.65. The van der Waals surface area contributed by atoms with Crippen molar-refractivity contribution in [1.29, 1.82) is 0 Å². The number of rotatable bonds is 8. The highest BCUT2D eigenvalue weighted by Gasteiger charge is 2.33. The molecule has 8 nitrogen and oxygen atoms in total. The summed E-state index contributed by atoms with van der Waals surface area (Å²) >= 11 is 0. The fraction of sp³-hybridized carbons (Fsp3) is 0.812. The van der Waals surface area contributed by atoms with Gasteiger partial charge in [-0.2, -0.15) is 4.98 Å². The molecule has 1 atom stereocenters. The van der Waals surface area contributed by atoms with Gasteiger partial charge in [-0.05, 0) is 33.1 Å². The van der Waals surface area contributed by atoms with Crippen LogP contribution in [0.25, 0.3) is 0 Å². The second kappa shape index (κ2) is 9.58. The first-order chi connectivity index (χ1) is 11.7. The van der Waals surface area contributed by atoms with Crippen molar-refractivity contribution >= 4 is 6.03 Å². The number of carbonyl (C=O) groups excluding carboxylic acids is 1. The molecule has 1 aliphatic heterocycles. The maximum absolute atomic E-state index is 12.7. The minimum Gasteiger partial charge on any atom is -0.382 e. The van der Waals surface area contributed by atoms with Crippen LogP contribution >= 0.6 is 0 Å². The summed E-state index contributed by atoms with van der Waals surface area (Å²) in [6.07, 6.45) is 2.92. The first kappa shape index (κ1) is 18.7. The molecule has 0 bridgehead atoms. The number of piperidine rings is 1. The fourth-order valence-corrected chi connectivity index (χ4v) is 2.87. The monoisotopic (exact) mass is 340 g/mol. The van der Waals surface area contributed by atoms with E-state index in [9.17, 15) is 4.79 Å². The van der Waals surface area contributed by atoms with Crippen LogP contribution in [0.5, 0.6) is 0 Å². The van der Waals surface area contributed by atoms with E-state index in [1.165, 1.54) is 0 Å². The van der Waals surface area contributed by atoms with E-state index < -0.39 is 0 Å². The van der Waals surface area contributed by atoms with Crippen LogP contribution in [0.1, 0.15) is 50.9 Å². The Bertz CT molecular complexity index is 504. The Morgan fingerprint density at radius 1 is 1.33 bits per heavy atom. The van der Waals surface area contributed by atoms with Gasteiger partial charge in [0, 0.05) is 26.7 Å². The normalized spacial score (nSPS) is 18.0. The number of carbonyl (C=O) groups is 1. The van der Waals surface area contributed by atoms with Crippen molar-refractivity contribution in [1.82, 2.24) is 19.9 Å². The van der Waals surface area contributed by atoms with E-state index in [1.807, 2.05) is 23.6 Å². The van der Waals surface area contributed by atoms with Crippen LogP contribution in [0.2, 0.25) is 0 Å². The van der Waals surface area contributed by atoms with Gasteiger partial charge in [0.2, 0.25) is 0 Å². The van der Waals surface area contributed by atoms with Crippen LogP contribution in [-0.2, 0) is 16.1 Å². The number of ether oxygens (including phenoxy) is 2. The molecule has 0 radical (unpaired) electrons. The predicted molar refractivity (Wildman–Crippen MR) is 87.4 cm³/mol. The van der Waals surface area contributed by atoms with Crippen LogP contribution in [0, 0.1) is 0 Å². The van der Waals surface area contributed by atoms with Crippen molar-refractivity contribution < 1.29 is 18.8 Å². The third-order valence-corrected chi connectivity index (χ3v) is 4.22. The standard InChI is InChI=1S/C16H28N4O4/c1-4-19(5-2)16(21)20-9-7-6-8-13(20)15-17-14(24-18-15)12-23-11-10-22-3/h13H,4-12H2,1-3H3. The van der Waals surface area contributed by atoms with E-state index in [0.717, 1.165) is 25.8 Å². The molecule has 1 unspecified atom stereocenters. The van der Waals surface area contributed by atoms with Gasteiger partial charge >= 0.3 is 6.03 Å². The summed E-state index contributed by atoms with van der Waals surface area (Å²) in [7, 11) is 1.62. The average Bonchev–Trinajstić information content (AvgIpc) is 3.08. The number of hydrogen-bond donors (Lipinski definition) is 0. The summed E-state index contributed by atoms with van der Waals surface area (Å²) in [5.74, 6) is 1.00. The van der Waals surface area contributed by atoms with E-state index in [-0.39, 0.29) is 18.7 Å². The SMILES string of the molecule is CCN(CC)C(=O)N1CCCCC1c1noc(COCCOC)n1. The van der Waals surface area contributed by atoms with Crippen molar-refractivity contribution in [3.63, 3.8) is 0 Å². The zero-order chi connectivity index (χ0) is 17.4. The molecule has 1 fully saturated rings. The first-order valence-electron chi connectivity index (χ1n) is 8.65. The van der Waals surface area contributed by atoms with Crippen molar-refractivity contribution in [3.05, 3.63) is 11.7 Å². The molecule has 0 spiro atoms. The second-order valence-corrected chi connectivity index (χ2v) is 5.75. The van der Waals surface area contributed by atoms with Crippen molar-refractivity contribution in [2.75, 3.05) is 40.0 Å². The molecule has 0 aliphatic carbocycles. The summed E-state index contributed by atoms with van der Waals surface area (Å²) in [5, 5.41) is 4.07. The van der Waals surface area contributed by atoms with Gasteiger partial charge in [0.1, 0.15) is 6.61 Å². The Labute approximate surface area is 143 Å². The third-order valence-electron chi connectivity index (χ3n) is 4.22. The molecule has 0 N–H and O–H groups in total. The molecular weight excluding hydrogens is 312 g/mol. The lowest BCUT2D eigenvalue weighted by atomic mass is 10.0. The zero-order valence-electron chi connectivity index (χ0n) is 14.9. The molecule has 2 rings (SSSR count). The lowest BCUT2D eigenvalue weighted by molar-refractivity contribution is 0.0494. The van der Waals surface area contributed by atoms with Gasteiger partial charge in [-0.15, -0.1) is 0 Å². The van der Waals surface area contributed by atoms with Gasteiger partial charge in [-0.3, -0.25) is 0 Å². The largest absolute Gasteiger partial charge is 0.382 e. The Hall–Kier alpha value is -1.67. The number of methoxy groups -OCH3 is 1. The maximum atomic E-state index is 12.7. The lowest BCUT2D eigenvalue weighted by Crippen LogP contribution is -2.47. The molecule has 136 valence electrons. The molecule has 1 saturated heterocycles. The number of likely N-dealkylation sites (tertiary alicyclic amines) is 1.